The van der Waals surface area contributed by atoms with Crippen LogP contribution in [0.1, 0.15) is 63.1 Å². The first kappa shape index (κ1) is 17.1. The predicted octanol–water partition coefficient (Wildman–Crippen LogP) is 3.25. The van der Waals surface area contributed by atoms with Crippen LogP contribution in [0.2, 0.25) is 0 Å². The number of hydrogen-bond acceptors (Lipinski definition) is 3. The molecule has 25 heavy (non-hydrogen) atoms. The van der Waals surface area contributed by atoms with E-state index in [0.717, 1.165) is 35.8 Å². The Kier molecular flexibility index (Phi) is 4.85. The molecule has 0 saturated heterocycles. The molecule has 3 bridgehead atoms. The fraction of sp³-hybridized carbons (Fsp3) is 0.800. The van der Waals surface area contributed by atoms with E-state index in [2.05, 4.69) is 15.7 Å². The maximum Gasteiger partial charge on any atom is 0.306 e. The lowest BCUT2D eigenvalue weighted by molar-refractivity contribution is -0.142. The lowest BCUT2D eigenvalue weighted by Crippen LogP contribution is -2.29. The Morgan fingerprint density at radius 3 is 2.80 bits per heavy atom. The van der Waals surface area contributed by atoms with Crippen molar-refractivity contribution >= 4 is 5.97 Å². The van der Waals surface area contributed by atoms with E-state index in [4.69, 9.17) is 5.73 Å². The predicted molar refractivity (Wildman–Crippen MR) is 96.0 cm³/mol. The summed E-state index contributed by atoms with van der Waals surface area (Å²) in [6.07, 6.45) is 14.4. The Balaban J connectivity index is 1.48. The summed E-state index contributed by atoms with van der Waals surface area (Å²) in [4.78, 5) is 16.1. The standard InChI is InChI=1S/C20H31N3O2/c21-6-2-5-15(20(24)25)10-18-11-23(12-22-18)19-14-4-1-3-13-7-17(19)9-16(13)8-14/h11-17,19H,1-10,21H2,(H,24,25). The molecule has 0 spiro atoms. The lowest BCUT2D eigenvalue weighted by Gasteiger charge is -2.37. The van der Waals surface area contributed by atoms with Gasteiger partial charge in [0.2, 0.25) is 0 Å². The summed E-state index contributed by atoms with van der Waals surface area (Å²) in [7, 11) is 0. The molecule has 3 saturated carbocycles. The summed E-state index contributed by atoms with van der Waals surface area (Å²) in [6.45, 7) is 0.548. The Bertz CT molecular complexity index is 614. The van der Waals surface area contributed by atoms with Gasteiger partial charge in [0, 0.05) is 18.7 Å². The summed E-state index contributed by atoms with van der Waals surface area (Å²) in [6, 6.07) is 0.593. The third kappa shape index (κ3) is 3.35. The summed E-state index contributed by atoms with van der Waals surface area (Å²) < 4.78 is 2.34. The van der Waals surface area contributed by atoms with E-state index in [1.165, 1.54) is 38.5 Å². The highest BCUT2D eigenvalue weighted by Crippen LogP contribution is 2.57. The average molecular weight is 345 g/mol. The van der Waals surface area contributed by atoms with Crippen molar-refractivity contribution < 1.29 is 9.90 Å². The number of aliphatic carboxylic acids is 1. The van der Waals surface area contributed by atoms with Crippen molar-refractivity contribution in [1.82, 2.24) is 9.55 Å². The first-order chi connectivity index (χ1) is 12.2. The minimum absolute atomic E-state index is 0.367. The second-order valence-corrected chi connectivity index (χ2v) is 8.65. The Hall–Kier alpha value is -1.36. The number of fused-ring (bicyclic) bond motifs is 2. The smallest absolute Gasteiger partial charge is 0.306 e. The van der Waals surface area contributed by atoms with Gasteiger partial charge in [-0.15, -0.1) is 0 Å². The highest BCUT2D eigenvalue weighted by Gasteiger charge is 2.48. The molecule has 0 amide bonds. The van der Waals surface area contributed by atoms with Gasteiger partial charge in [0.05, 0.1) is 17.9 Å². The molecule has 3 N–H and O–H groups in total. The van der Waals surface area contributed by atoms with Crippen molar-refractivity contribution in [2.45, 2.75) is 63.8 Å². The van der Waals surface area contributed by atoms with E-state index in [1.807, 2.05) is 6.33 Å². The van der Waals surface area contributed by atoms with Crippen molar-refractivity contribution in [2.24, 2.45) is 35.3 Å². The van der Waals surface area contributed by atoms with Crippen molar-refractivity contribution in [3.63, 3.8) is 0 Å². The molecule has 0 aromatic carbocycles. The monoisotopic (exact) mass is 345 g/mol. The van der Waals surface area contributed by atoms with Crippen LogP contribution >= 0.6 is 0 Å². The van der Waals surface area contributed by atoms with Gasteiger partial charge >= 0.3 is 5.97 Å². The fourth-order valence-corrected chi connectivity index (χ4v) is 6.09. The zero-order valence-electron chi connectivity index (χ0n) is 15.0. The normalized spacial score (nSPS) is 34.8. The zero-order chi connectivity index (χ0) is 17.4. The van der Waals surface area contributed by atoms with Crippen LogP contribution in [-0.2, 0) is 11.2 Å². The van der Waals surface area contributed by atoms with Crippen molar-refractivity contribution in [3.8, 4) is 0 Å². The second-order valence-electron chi connectivity index (χ2n) is 8.65. The minimum atomic E-state index is -0.727. The zero-order valence-corrected chi connectivity index (χ0v) is 15.0. The molecule has 3 aliphatic rings. The van der Waals surface area contributed by atoms with Gasteiger partial charge in [0.15, 0.2) is 0 Å². The largest absolute Gasteiger partial charge is 0.481 e. The van der Waals surface area contributed by atoms with Gasteiger partial charge in [-0.1, -0.05) is 12.8 Å². The first-order valence-corrected chi connectivity index (χ1v) is 10.1. The molecule has 3 fully saturated rings. The van der Waals surface area contributed by atoms with Crippen LogP contribution in [0.4, 0.5) is 0 Å². The summed E-state index contributed by atoms with van der Waals surface area (Å²) in [5.41, 5.74) is 6.47. The Labute approximate surface area is 150 Å². The number of carbonyl (C=O) groups is 1. The molecule has 6 unspecified atom stereocenters. The third-order valence-corrected chi connectivity index (χ3v) is 7.16. The quantitative estimate of drug-likeness (QED) is 0.795. The minimum Gasteiger partial charge on any atom is -0.481 e. The van der Waals surface area contributed by atoms with Crippen molar-refractivity contribution in [1.29, 1.82) is 0 Å². The van der Waals surface area contributed by atoms with Crippen molar-refractivity contribution in [3.05, 3.63) is 18.2 Å². The number of nitrogens with zero attached hydrogens (tertiary/aromatic N) is 2. The van der Waals surface area contributed by atoms with E-state index >= 15 is 0 Å². The number of carboxylic acids is 1. The summed E-state index contributed by atoms with van der Waals surface area (Å²) in [5, 5.41) is 9.44. The van der Waals surface area contributed by atoms with Crippen LogP contribution in [-0.4, -0.2) is 27.2 Å². The molecule has 5 nitrogen and oxygen atoms in total. The van der Waals surface area contributed by atoms with E-state index < -0.39 is 5.97 Å². The lowest BCUT2D eigenvalue weighted by atomic mass is 9.75. The summed E-state index contributed by atoms with van der Waals surface area (Å²) in [5.74, 6) is 2.46. The molecule has 3 aliphatic carbocycles. The number of aromatic nitrogens is 2. The fourth-order valence-electron chi connectivity index (χ4n) is 6.09. The third-order valence-electron chi connectivity index (χ3n) is 7.16. The molecule has 138 valence electrons. The van der Waals surface area contributed by atoms with E-state index in [1.54, 1.807) is 0 Å². The Morgan fingerprint density at radius 1 is 1.24 bits per heavy atom. The number of nitrogens with two attached hydrogens (primary N) is 1. The van der Waals surface area contributed by atoms with Gasteiger partial charge in [-0.25, -0.2) is 4.98 Å². The molecular weight excluding hydrogens is 314 g/mol. The number of rotatable bonds is 7. The maximum absolute atomic E-state index is 11.5. The number of imidazole rings is 1. The molecule has 1 aromatic rings. The molecule has 4 rings (SSSR count). The van der Waals surface area contributed by atoms with Crippen LogP contribution in [0.3, 0.4) is 0 Å². The van der Waals surface area contributed by atoms with Gasteiger partial charge < -0.3 is 15.4 Å². The van der Waals surface area contributed by atoms with Crippen LogP contribution in [0.5, 0.6) is 0 Å². The van der Waals surface area contributed by atoms with Crippen LogP contribution in [0, 0.1) is 29.6 Å². The molecule has 0 aliphatic heterocycles. The highest BCUT2D eigenvalue weighted by molar-refractivity contribution is 5.70. The van der Waals surface area contributed by atoms with E-state index in [-0.39, 0.29) is 5.92 Å². The van der Waals surface area contributed by atoms with Gasteiger partial charge in [0.25, 0.3) is 0 Å². The molecule has 5 heteroatoms. The summed E-state index contributed by atoms with van der Waals surface area (Å²) >= 11 is 0. The van der Waals surface area contributed by atoms with E-state index in [0.29, 0.717) is 25.4 Å². The van der Waals surface area contributed by atoms with Crippen molar-refractivity contribution in [2.75, 3.05) is 6.54 Å². The second kappa shape index (κ2) is 7.10. The molecule has 1 heterocycles. The molecular formula is C20H31N3O2. The number of carboxylic acid groups (broad SMARTS) is 1. The first-order valence-electron chi connectivity index (χ1n) is 10.1. The van der Waals surface area contributed by atoms with Gasteiger partial charge in [-0.3, -0.25) is 4.79 Å². The maximum atomic E-state index is 11.5. The highest BCUT2D eigenvalue weighted by atomic mass is 16.4. The SMILES string of the molecule is NCCCC(Cc1cn(C2C3CCCC4CC2CC4C3)cn1)C(=O)O. The van der Waals surface area contributed by atoms with Crippen LogP contribution < -0.4 is 5.73 Å². The Morgan fingerprint density at radius 2 is 2.00 bits per heavy atom. The van der Waals surface area contributed by atoms with Crippen LogP contribution in [0.15, 0.2) is 12.5 Å². The van der Waals surface area contributed by atoms with Gasteiger partial charge in [-0.05, 0) is 68.7 Å². The van der Waals surface area contributed by atoms with E-state index in [9.17, 15) is 9.90 Å². The van der Waals surface area contributed by atoms with Gasteiger partial charge in [0.1, 0.15) is 0 Å². The average Bonchev–Trinajstić information content (AvgIpc) is 3.12. The molecule has 0 radical (unpaired) electrons. The number of hydrogen-bond donors (Lipinski definition) is 2. The molecule has 1 aromatic heterocycles. The molecule has 6 atom stereocenters. The van der Waals surface area contributed by atoms with Crippen LogP contribution in [0.25, 0.3) is 0 Å². The topological polar surface area (TPSA) is 81.1 Å². The van der Waals surface area contributed by atoms with Gasteiger partial charge in [-0.2, -0.15) is 0 Å².